The average molecular weight is 429 g/mol. The van der Waals surface area contributed by atoms with E-state index in [0.717, 1.165) is 23.2 Å². The van der Waals surface area contributed by atoms with Crippen LogP contribution in [0.1, 0.15) is 35.5 Å². The first-order valence-corrected chi connectivity index (χ1v) is 10.4. The van der Waals surface area contributed by atoms with E-state index >= 15 is 4.39 Å². The molecule has 7 heteroatoms. The fourth-order valence-corrected chi connectivity index (χ4v) is 3.59. The maximum atomic E-state index is 15.0. The molecule has 4 rings (SSSR count). The van der Waals surface area contributed by atoms with Crippen LogP contribution in [0.25, 0.3) is 11.4 Å². The lowest BCUT2D eigenvalue weighted by Gasteiger charge is -2.21. The lowest BCUT2D eigenvalue weighted by molar-refractivity contribution is 0.590. The molecule has 0 saturated heterocycles. The van der Waals surface area contributed by atoms with E-state index in [4.69, 9.17) is 16.1 Å². The van der Waals surface area contributed by atoms with Gasteiger partial charge in [-0.25, -0.2) is 9.37 Å². The van der Waals surface area contributed by atoms with Gasteiger partial charge in [-0.1, -0.05) is 49.4 Å². The molecule has 0 bridgehead atoms. The second kappa shape index (κ2) is 9.01. The van der Waals surface area contributed by atoms with Gasteiger partial charge in [-0.2, -0.15) is 5.10 Å². The van der Waals surface area contributed by atoms with Crippen molar-refractivity contribution in [1.82, 2.24) is 14.8 Å². The molecule has 0 aliphatic carbocycles. The molecular weight excluding hydrogens is 403 g/mol. The van der Waals surface area contributed by atoms with Crippen molar-refractivity contribution in [2.24, 2.45) is 12.8 Å². The van der Waals surface area contributed by atoms with Gasteiger partial charge in [0, 0.05) is 29.4 Å². The number of benzene rings is 3. The third-order valence-electron chi connectivity index (χ3n) is 5.37. The Balaban J connectivity index is 1.79. The van der Waals surface area contributed by atoms with E-state index in [1.54, 1.807) is 22.9 Å². The predicted molar refractivity (Wildman–Crippen MR) is 125 cm³/mol. The number of nitrogen functional groups attached to an aromatic ring is 1. The van der Waals surface area contributed by atoms with Crippen LogP contribution in [0.3, 0.4) is 0 Å². The van der Waals surface area contributed by atoms with Gasteiger partial charge in [-0.15, -0.1) is 0 Å². The number of amidine groups is 1. The number of nitrogens with two attached hydrogens (primary N) is 1. The largest absolute Gasteiger partial charge is 0.384 e. The van der Waals surface area contributed by atoms with Crippen LogP contribution in [-0.4, -0.2) is 20.6 Å². The van der Waals surface area contributed by atoms with E-state index < -0.39 is 6.04 Å². The zero-order valence-electron chi connectivity index (χ0n) is 18.0. The lowest BCUT2D eigenvalue weighted by Crippen LogP contribution is -2.19. The van der Waals surface area contributed by atoms with Crippen LogP contribution >= 0.6 is 0 Å². The maximum Gasteiger partial charge on any atom is 0.181 e. The van der Waals surface area contributed by atoms with Gasteiger partial charge in [0.1, 0.15) is 17.7 Å². The maximum absolute atomic E-state index is 15.0. The van der Waals surface area contributed by atoms with Crippen LogP contribution in [0.5, 0.6) is 0 Å². The fraction of sp³-hybridized carbons (Fsp3) is 0.160. The molecule has 6 nitrogen and oxygen atoms in total. The van der Waals surface area contributed by atoms with Crippen LogP contribution in [0.4, 0.5) is 10.1 Å². The van der Waals surface area contributed by atoms with Crippen molar-refractivity contribution in [3.05, 3.63) is 101 Å². The molecule has 0 aliphatic heterocycles. The Hall–Kier alpha value is -4.00. The van der Waals surface area contributed by atoms with E-state index in [1.807, 2.05) is 62.5 Å². The molecule has 1 heterocycles. The number of nitrogens with one attached hydrogen (secondary N) is 2. The number of halogens is 1. The molecule has 0 spiro atoms. The summed E-state index contributed by atoms with van der Waals surface area (Å²) >= 11 is 0. The smallest absolute Gasteiger partial charge is 0.181 e. The molecular formula is C25H25FN6. The summed E-state index contributed by atoms with van der Waals surface area (Å²) in [7, 11) is 1.81. The average Bonchev–Trinajstić information content (AvgIpc) is 3.20. The number of hydrogen-bond donors (Lipinski definition) is 3. The van der Waals surface area contributed by atoms with Crippen LogP contribution in [0.15, 0.2) is 72.8 Å². The summed E-state index contributed by atoms with van der Waals surface area (Å²) in [4.78, 5) is 4.76. The molecule has 4 aromatic rings. The first-order chi connectivity index (χ1) is 15.5. The van der Waals surface area contributed by atoms with Crippen molar-refractivity contribution in [3.63, 3.8) is 0 Å². The van der Waals surface area contributed by atoms with Crippen molar-refractivity contribution >= 4 is 11.5 Å². The Morgan fingerprint density at radius 2 is 1.81 bits per heavy atom. The van der Waals surface area contributed by atoms with E-state index in [1.165, 1.54) is 6.07 Å². The SMILES string of the molecule is CCc1ccc(F)c(C(Nc2ccc(C(=N)N)cc2)c2nc(-c3ccccc3)nn2C)c1. The molecule has 0 aliphatic rings. The summed E-state index contributed by atoms with van der Waals surface area (Å²) in [5, 5.41) is 15.6. The number of rotatable bonds is 7. The molecule has 162 valence electrons. The van der Waals surface area contributed by atoms with Gasteiger partial charge in [0.05, 0.1) is 0 Å². The topological polar surface area (TPSA) is 92.6 Å². The Morgan fingerprint density at radius 3 is 2.47 bits per heavy atom. The molecule has 4 N–H and O–H groups in total. The van der Waals surface area contributed by atoms with E-state index in [-0.39, 0.29) is 11.7 Å². The van der Waals surface area contributed by atoms with Gasteiger partial charge in [-0.05, 0) is 42.3 Å². The molecule has 3 aromatic carbocycles. The summed E-state index contributed by atoms with van der Waals surface area (Å²) in [5.74, 6) is 0.848. The second-order valence-electron chi connectivity index (χ2n) is 7.56. The first-order valence-electron chi connectivity index (χ1n) is 10.4. The fourth-order valence-electron chi connectivity index (χ4n) is 3.59. The number of nitrogens with zero attached hydrogens (tertiary/aromatic N) is 3. The third-order valence-corrected chi connectivity index (χ3v) is 5.37. The normalized spacial score (nSPS) is 11.8. The van der Waals surface area contributed by atoms with Crippen molar-refractivity contribution in [3.8, 4) is 11.4 Å². The number of hydrogen-bond acceptors (Lipinski definition) is 4. The quantitative estimate of drug-likeness (QED) is 0.295. The Morgan fingerprint density at radius 1 is 1.09 bits per heavy atom. The molecule has 1 unspecified atom stereocenters. The highest BCUT2D eigenvalue weighted by molar-refractivity contribution is 5.95. The lowest BCUT2D eigenvalue weighted by atomic mass is 10.0. The van der Waals surface area contributed by atoms with Crippen molar-refractivity contribution in [2.75, 3.05) is 5.32 Å². The minimum absolute atomic E-state index is 0.00408. The minimum Gasteiger partial charge on any atom is -0.384 e. The van der Waals surface area contributed by atoms with Gasteiger partial charge in [-0.3, -0.25) is 10.1 Å². The second-order valence-corrected chi connectivity index (χ2v) is 7.56. The van der Waals surface area contributed by atoms with Gasteiger partial charge in [0.25, 0.3) is 0 Å². The highest BCUT2D eigenvalue weighted by Gasteiger charge is 2.24. The minimum atomic E-state index is -0.570. The highest BCUT2D eigenvalue weighted by atomic mass is 19.1. The van der Waals surface area contributed by atoms with E-state index in [9.17, 15) is 0 Å². The Labute approximate surface area is 186 Å². The molecule has 0 fully saturated rings. The van der Waals surface area contributed by atoms with Gasteiger partial charge in [0.2, 0.25) is 0 Å². The standard InChI is InChI=1S/C25H25FN6/c1-3-16-9-14-21(26)20(15-16)22(29-19-12-10-17(11-13-19)23(27)28)25-30-24(31-32(25)2)18-7-5-4-6-8-18/h4-15,22,29H,3H2,1-2H3,(H3,27,28). The molecule has 32 heavy (non-hydrogen) atoms. The first kappa shape index (κ1) is 21.2. The van der Waals surface area contributed by atoms with Crippen molar-refractivity contribution in [2.45, 2.75) is 19.4 Å². The van der Waals surface area contributed by atoms with Gasteiger partial charge in [0.15, 0.2) is 11.6 Å². The number of aryl methyl sites for hydroxylation is 2. The zero-order chi connectivity index (χ0) is 22.7. The molecule has 1 atom stereocenters. The van der Waals surface area contributed by atoms with Crippen LogP contribution in [0, 0.1) is 11.2 Å². The summed E-state index contributed by atoms with van der Waals surface area (Å²) in [5.41, 5.74) is 9.36. The molecule has 0 amide bonds. The third kappa shape index (κ3) is 4.37. The van der Waals surface area contributed by atoms with Crippen LogP contribution in [-0.2, 0) is 13.5 Å². The number of aromatic nitrogens is 3. The summed E-state index contributed by atoms with van der Waals surface area (Å²) in [6, 6.07) is 21.4. The molecule has 1 aromatic heterocycles. The van der Waals surface area contributed by atoms with Crippen molar-refractivity contribution in [1.29, 1.82) is 5.41 Å². The molecule has 0 saturated carbocycles. The monoisotopic (exact) mass is 428 g/mol. The van der Waals surface area contributed by atoms with E-state index in [2.05, 4.69) is 10.4 Å². The Bertz CT molecular complexity index is 1230. The summed E-state index contributed by atoms with van der Waals surface area (Å²) in [6.07, 6.45) is 0.793. The van der Waals surface area contributed by atoms with Crippen LogP contribution < -0.4 is 11.1 Å². The van der Waals surface area contributed by atoms with Gasteiger partial charge < -0.3 is 11.1 Å². The predicted octanol–water partition coefficient (Wildman–Crippen LogP) is 4.67. The zero-order valence-corrected chi connectivity index (χ0v) is 18.0. The molecule has 0 radical (unpaired) electrons. The van der Waals surface area contributed by atoms with Gasteiger partial charge >= 0.3 is 0 Å². The van der Waals surface area contributed by atoms with Crippen LogP contribution in [0.2, 0.25) is 0 Å². The Kier molecular flexibility index (Phi) is 5.98. The van der Waals surface area contributed by atoms with E-state index in [0.29, 0.717) is 22.8 Å². The number of anilines is 1. The highest BCUT2D eigenvalue weighted by Crippen LogP contribution is 2.30. The summed E-state index contributed by atoms with van der Waals surface area (Å²) < 4.78 is 16.7. The summed E-state index contributed by atoms with van der Waals surface area (Å²) in [6.45, 7) is 2.04. The van der Waals surface area contributed by atoms with Crippen molar-refractivity contribution < 1.29 is 4.39 Å².